The molecule has 2 aromatic carbocycles. The molecule has 0 radical (unpaired) electrons. The highest BCUT2D eigenvalue weighted by molar-refractivity contribution is 7.91. The van der Waals surface area contributed by atoms with E-state index in [0.717, 1.165) is 18.2 Å². The normalized spacial score (nSPS) is 13.9. The smallest absolute Gasteiger partial charge is 0.282 e. The third kappa shape index (κ3) is 3.91. The Morgan fingerprint density at radius 2 is 1.95 bits per heavy atom. The number of hydrogen-bond donors (Lipinski definition) is 2. The fourth-order valence-electron chi connectivity index (χ4n) is 4.62. The molecule has 1 aliphatic rings. The summed E-state index contributed by atoms with van der Waals surface area (Å²) < 4.78 is 63.4. The fraction of sp³-hybridized carbons (Fsp3) is 0.154. The van der Waals surface area contributed by atoms with E-state index >= 15 is 0 Å². The molecule has 1 amide bonds. The maximum absolute atomic E-state index is 14.7. The first-order valence-corrected chi connectivity index (χ1v) is 13.0. The van der Waals surface area contributed by atoms with Gasteiger partial charge in [-0.1, -0.05) is 0 Å². The van der Waals surface area contributed by atoms with Crippen molar-refractivity contribution in [2.24, 2.45) is 0 Å². The molecule has 0 saturated heterocycles. The minimum atomic E-state index is -3.97. The summed E-state index contributed by atoms with van der Waals surface area (Å²) in [5, 5.41) is 0.355. The molecule has 3 aromatic heterocycles. The molecule has 1 saturated carbocycles. The minimum absolute atomic E-state index is 0.0657. The number of furan rings is 1. The van der Waals surface area contributed by atoms with Crippen molar-refractivity contribution in [1.82, 2.24) is 14.3 Å². The Hall–Kier alpha value is -4.25. The molecule has 0 atom stereocenters. The molecule has 0 bridgehead atoms. The Bertz CT molecular complexity index is 1880. The van der Waals surface area contributed by atoms with E-state index < -0.39 is 38.4 Å². The number of H-pyrrole nitrogens is 1. The first-order chi connectivity index (χ1) is 17.7. The zero-order valence-electron chi connectivity index (χ0n) is 19.1. The summed E-state index contributed by atoms with van der Waals surface area (Å²) in [6.45, 7) is -0.316. The van der Waals surface area contributed by atoms with Crippen LogP contribution in [0.1, 0.15) is 28.9 Å². The van der Waals surface area contributed by atoms with Crippen molar-refractivity contribution >= 4 is 37.8 Å². The number of carbonyl (C=O) groups is 1. The van der Waals surface area contributed by atoms with E-state index in [9.17, 15) is 26.8 Å². The SMILES string of the molecule is O=C(NS(=O)(=O)C1CC1)c1c(-c2ccc[nH]c2=O)c2c3occc3ccc2n1Cc1cc(F)ccc1F. The predicted molar refractivity (Wildman–Crippen MR) is 133 cm³/mol. The number of benzene rings is 2. The van der Waals surface area contributed by atoms with Crippen LogP contribution in [0.25, 0.3) is 33.0 Å². The number of pyridine rings is 1. The average Bonchev–Trinajstić information content (AvgIpc) is 3.54. The van der Waals surface area contributed by atoms with Crippen LogP contribution in [0.3, 0.4) is 0 Å². The van der Waals surface area contributed by atoms with Crippen molar-refractivity contribution < 1.29 is 26.4 Å². The summed E-state index contributed by atoms with van der Waals surface area (Å²) in [6, 6.07) is 11.1. The van der Waals surface area contributed by atoms with E-state index in [4.69, 9.17) is 4.42 Å². The first kappa shape index (κ1) is 23.2. The fourth-order valence-corrected chi connectivity index (χ4v) is 5.90. The third-order valence-electron chi connectivity index (χ3n) is 6.48. The van der Waals surface area contributed by atoms with Gasteiger partial charge in [-0.25, -0.2) is 21.9 Å². The molecule has 0 aliphatic heterocycles. The van der Waals surface area contributed by atoms with Crippen LogP contribution in [0.2, 0.25) is 0 Å². The molecule has 11 heteroatoms. The van der Waals surface area contributed by atoms with Crippen LogP contribution in [0.5, 0.6) is 0 Å². The van der Waals surface area contributed by atoms with Crippen molar-refractivity contribution in [3.63, 3.8) is 0 Å². The highest BCUT2D eigenvalue weighted by Gasteiger charge is 2.38. The molecule has 3 heterocycles. The second-order valence-corrected chi connectivity index (χ2v) is 10.9. The van der Waals surface area contributed by atoms with Gasteiger partial charge in [0.05, 0.1) is 34.5 Å². The summed E-state index contributed by atoms with van der Waals surface area (Å²) >= 11 is 0. The number of carbonyl (C=O) groups excluding carboxylic acids is 1. The maximum atomic E-state index is 14.7. The van der Waals surface area contributed by atoms with Gasteiger partial charge in [-0.15, -0.1) is 0 Å². The van der Waals surface area contributed by atoms with Crippen molar-refractivity contribution in [2.45, 2.75) is 24.6 Å². The van der Waals surface area contributed by atoms with Gasteiger partial charge in [0.1, 0.15) is 22.9 Å². The number of rotatable bonds is 6. The standard InChI is InChI=1S/C26H19F2N3O5S/c27-16-4-7-19(28)15(12-16)13-31-20-8-3-14-9-11-36-24(14)22(20)21(18-2-1-10-29-25(18)32)23(31)26(33)30-37(34,35)17-5-6-17/h1-4,7-12,17H,5-6,13H2,(H,29,32)(H,30,33). The summed E-state index contributed by atoms with van der Waals surface area (Å²) in [5.74, 6) is -2.38. The number of fused-ring (bicyclic) bond motifs is 3. The molecule has 37 heavy (non-hydrogen) atoms. The van der Waals surface area contributed by atoms with Crippen molar-refractivity contribution in [1.29, 1.82) is 0 Å². The summed E-state index contributed by atoms with van der Waals surface area (Å²) in [5.41, 5.74) is 0.155. The van der Waals surface area contributed by atoms with Crippen molar-refractivity contribution in [3.05, 3.63) is 94.2 Å². The van der Waals surface area contributed by atoms with E-state index in [1.54, 1.807) is 24.3 Å². The molecule has 188 valence electrons. The van der Waals surface area contributed by atoms with Gasteiger partial charge in [0, 0.05) is 22.7 Å². The first-order valence-electron chi connectivity index (χ1n) is 11.4. The van der Waals surface area contributed by atoms with Crippen LogP contribution in [0, 0.1) is 11.6 Å². The van der Waals surface area contributed by atoms with E-state index in [0.29, 0.717) is 34.7 Å². The molecular weight excluding hydrogens is 504 g/mol. The summed E-state index contributed by atoms with van der Waals surface area (Å²) in [4.78, 5) is 29.2. The van der Waals surface area contributed by atoms with Crippen LogP contribution in [-0.2, 0) is 16.6 Å². The van der Waals surface area contributed by atoms with Gasteiger partial charge in [-0.2, -0.15) is 0 Å². The van der Waals surface area contributed by atoms with Crippen LogP contribution in [-0.4, -0.2) is 29.1 Å². The molecule has 5 aromatic rings. The number of aromatic nitrogens is 2. The predicted octanol–water partition coefficient (Wildman–Crippen LogP) is 4.29. The van der Waals surface area contributed by atoms with Gasteiger partial charge in [0.25, 0.3) is 11.5 Å². The third-order valence-corrected chi connectivity index (χ3v) is 8.30. The highest BCUT2D eigenvalue weighted by atomic mass is 32.2. The Kier molecular flexibility index (Phi) is 5.27. The molecule has 1 fully saturated rings. The molecule has 0 spiro atoms. The van der Waals surface area contributed by atoms with Gasteiger partial charge in [-0.3, -0.25) is 9.59 Å². The lowest BCUT2D eigenvalue weighted by Gasteiger charge is -2.13. The molecule has 8 nitrogen and oxygen atoms in total. The van der Waals surface area contributed by atoms with E-state index in [2.05, 4.69) is 9.71 Å². The lowest BCUT2D eigenvalue weighted by atomic mass is 10.0. The van der Waals surface area contributed by atoms with E-state index in [-0.39, 0.29) is 28.9 Å². The van der Waals surface area contributed by atoms with Gasteiger partial charge in [-0.05, 0) is 61.4 Å². The van der Waals surface area contributed by atoms with Crippen LogP contribution < -0.4 is 10.3 Å². The van der Waals surface area contributed by atoms with E-state index in [1.807, 2.05) is 0 Å². The van der Waals surface area contributed by atoms with Gasteiger partial charge in [0.2, 0.25) is 10.0 Å². The number of hydrogen-bond acceptors (Lipinski definition) is 5. The average molecular weight is 524 g/mol. The Morgan fingerprint density at radius 3 is 2.70 bits per heavy atom. The number of halogens is 2. The number of nitrogens with zero attached hydrogens (tertiary/aromatic N) is 1. The quantitative estimate of drug-likeness (QED) is 0.345. The second-order valence-electron chi connectivity index (χ2n) is 8.93. The number of nitrogens with one attached hydrogen (secondary N) is 2. The number of sulfonamides is 1. The van der Waals surface area contributed by atoms with Crippen molar-refractivity contribution in [2.75, 3.05) is 0 Å². The molecule has 2 N–H and O–H groups in total. The highest BCUT2D eigenvalue weighted by Crippen LogP contribution is 2.39. The molecular formula is C26H19F2N3O5S. The van der Waals surface area contributed by atoms with E-state index in [1.165, 1.54) is 23.1 Å². The lowest BCUT2D eigenvalue weighted by Crippen LogP contribution is -2.35. The van der Waals surface area contributed by atoms with Crippen LogP contribution in [0.4, 0.5) is 8.78 Å². The minimum Gasteiger partial charge on any atom is -0.464 e. The maximum Gasteiger partial charge on any atom is 0.282 e. The molecule has 1 aliphatic carbocycles. The van der Waals surface area contributed by atoms with Gasteiger partial charge in [0.15, 0.2) is 0 Å². The van der Waals surface area contributed by atoms with Crippen LogP contribution in [0.15, 0.2) is 70.2 Å². The van der Waals surface area contributed by atoms with Crippen molar-refractivity contribution in [3.8, 4) is 11.1 Å². The summed E-state index contributed by atoms with van der Waals surface area (Å²) in [7, 11) is -3.97. The largest absolute Gasteiger partial charge is 0.464 e. The number of amides is 1. The zero-order valence-corrected chi connectivity index (χ0v) is 19.9. The van der Waals surface area contributed by atoms with Gasteiger partial charge < -0.3 is 14.0 Å². The molecule has 0 unspecified atom stereocenters. The Balaban J connectivity index is 1.70. The Labute approximate surface area is 208 Å². The second kappa shape index (κ2) is 8.41. The van der Waals surface area contributed by atoms with Gasteiger partial charge >= 0.3 is 0 Å². The topological polar surface area (TPSA) is 114 Å². The lowest BCUT2D eigenvalue weighted by molar-refractivity contribution is 0.0974. The zero-order chi connectivity index (χ0) is 25.9. The van der Waals surface area contributed by atoms with Crippen LogP contribution >= 0.6 is 0 Å². The summed E-state index contributed by atoms with van der Waals surface area (Å²) in [6.07, 6.45) is 3.73. The number of aromatic amines is 1. The monoisotopic (exact) mass is 523 g/mol. The Morgan fingerprint density at radius 1 is 1.14 bits per heavy atom. The molecule has 6 rings (SSSR count).